The number of anilines is 1. The van der Waals surface area contributed by atoms with Crippen LogP contribution < -0.4 is 15.4 Å². The lowest BCUT2D eigenvalue weighted by Gasteiger charge is -2.10. The molecule has 0 radical (unpaired) electrons. The van der Waals surface area contributed by atoms with Crippen LogP contribution in [0.15, 0.2) is 83.8 Å². The number of carbonyl (C=O) groups excluding carboxylic acids is 2. The largest absolute Gasteiger partial charge is 0.349 e. The molecule has 7 nitrogen and oxygen atoms in total. The molecule has 1 aliphatic carbocycles. The van der Waals surface area contributed by atoms with Crippen molar-refractivity contribution in [2.45, 2.75) is 30.3 Å². The fraction of sp³-hybridized carbons (Fsp3) is 0.167. The van der Waals surface area contributed by atoms with E-state index in [0.29, 0.717) is 11.3 Å². The van der Waals surface area contributed by atoms with Crippen LogP contribution in [0, 0.1) is 0 Å². The lowest BCUT2D eigenvalue weighted by molar-refractivity contribution is 0.0949. The average molecular weight is 450 g/mol. The van der Waals surface area contributed by atoms with Gasteiger partial charge in [0, 0.05) is 29.4 Å². The van der Waals surface area contributed by atoms with E-state index >= 15 is 0 Å². The van der Waals surface area contributed by atoms with Gasteiger partial charge in [0.15, 0.2) is 0 Å². The molecule has 0 bridgehead atoms. The minimum Gasteiger partial charge on any atom is -0.349 e. The minimum atomic E-state index is -3.79. The van der Waals surface area contributed by atoms with Crippen LogP contribution >= 0.6 is 0 Å². The molecule has 0 spiro atoms. The molecule has 8 heteroatoms. The molecule has 3 aromatic rings. The summed E-state index contributed by atoms with van der Waals surface area (Å²) in [6.07, 6.45) is 1.98. The van der Waals surface area contributed by atoms with Gasteiger partial charge >= 0.3 is 0 Å². The predicted molar refractivity (Wildman–Crippen MR) is 122 cm³/mol. The van der Waals surface area contributed by atoms with Crippen molar-refractivity contribution in [1.82, 2.24) is 10.0 Å². The van der Waals surface area contributed by atoms with Crippen molar-refractivity contribution >= 4 is 27.5 Å². The molecule has 164 valence electrons. The zero-order valence-electron chi connectivity index (χ0n) is 17.2. The van der Waals surface area contributed by atoms with Crippen LogP contribution in [0.5, 0.6) is 0 Å². The van der Waals surface area contributed by atoms with E-state index in [0.717, 1.165) is 18.4 Å². The van der Waals surface area contributed by atoms with E-state index in [4.69, 9.17) is 0 Å². The Hall–Kier alpha value is -3.49. The Morgan fingerprint density at radius 2 is 1.50 bits per heavy atom. The molecular formula is C24H23N3O4S. The summed E-state index contributed by atoms with van der Waals surface area (Å²) < 4.78 is 27.9. The first-order valence-electron chi connectivity index (χ1n) is 10.3. The monoisotopic (exact) mass is 449 g/mol. The first-order chi connectivity index (χ1) is 15.4. The number of rotatable bonds is 8. The molecule has 0 saturated heterocycles. The van der Waals surface area contributed by atoms with Crippen molar-refractivity contribution in [3.63, 3.8) is 0 Å². The number of carbonyl (C=O) groups is 2. The summed E-state index contributed by atoms with van der Waals surface area (Å²) in [5.74, 6) is -0.647. The lowest BCUT2D eigenvalue weighted by atomic mass is 10.1. The summed E-state index contributed by atoms with van der Waals surface area (Å²) in [6, 6.07) is 21.9. The Morgan fingerprint density at radius 1 is 0.812 bits per heavy atom. The Bertz CT molecular complexity index is 1240. The number of benzene rings is 3. The molecular weight excluding hydrogens is 426 g/mol. The molecule has 32 heavy (non-hydrogen) atoms. The van der Waals surface area contributed by atoms with Crippen molar-refractivity contribution in [2.24, 2.45) is 0 Å². The van der Waals surface area contributed by atoms with E-state index in [-0.39, 0.29) is 29.0 Å². The van der Waals surface area contributed by atoms with Gasteiger partial charge in [-0.05, 0) is 54.8 Å². The van der Waals surface area contributed by atoms with Crippen LogP contribution in [0.3, 0.4) is 0 Å². The molecule has 4 rings (SSSR count). The Morgan fingerprint density at radius 3 is 2.22 bits per heavy atom. The van der Waals surface area contributed by atoms with Gasteiger partial charge in [-0.2, -0.15) is 0 Å². The summed E-state index contributed by atoms with van der Waals surface area (Å²) in [6.45, 7) is 0.148. The maximum Gasteiger partial charge on any atom is 0.255 e. The second-order valence-corrected chi connectivity index (χ2v) is 9.39. The zero-order valence-corrected chi connectivity index (χ0v) is 18.1. The summed E-state index contributed by atoms with van der Waals surface area (Å²) in [7, 11) is -3.79. The number of hydrogen-bond acceptors (Lipinski definition) is 4. The molecule has 0 heterocycles. The van der Waals surface area contributed by atoms with Gasteiger partial charge in [-0.15, -0.1) is 0 Å². The highest BCUT2D eigenvalue weighted by Crippen LogP contribution is 2.20. The first-order valence-corrected chi connectivity index (χ1v) is 11.7. The molecule has 1 fully saturated rings. The zero-order chi connectivity index (χ0) is 22.6. The highest BCUT2D eigenvalue weighted by Gasteiger charge is 2.24. The average Bonchev–Trinajstić information content (AvgIpc) is 3.63. The SMILES string of the molecule is O=C(Nc1cccc(C(=O)NC2CC2)c1)c1cccc(S(=O)(=O)NCc2ccccc2)c1. The van der Waals surface area contributed by atoms with Gasteiger partial charge in [0.2, 0.25) is 10.0 Å². The lowest BCUT2D eigenvalue weighted by Crippen LogP contribution is -2.25. The molecule has 0 aliphatic heterocycles. The third kappa shape index (κ3) is 5.60. The van der Waals surface area contributed by atoms with Gasteiger partial charge in [-0.1, -0.05) is 42.5 Å². The van der Waals surface area contributed by atoms with Gasteiger partial charge in [-0.25, -0.2) is 13.1 Å². The van der Waals surface area contributed by atoms with E-state index in [1.54, 1.807) is 24.3 Å². The van der Waals surface area contributed by atoms with Gasteiger partial charge < -0.3 is 10.6 Å². The smallest absolute Gasteiger partial charge is 0.255 e. The summed E-state index contributed by atoms with van der Waals surface area (Å²) in [4.78, 5) is 24.9. The van der Waals surface area contributed by atoms with Crippen LogP contribution in [0.2, 0.25) is 0 Å². The van der Waals surface area contributed by atoms with Gasteiger partial charge in [0.05, 0.1) is 4.90 Å². The standard InChI is InChI=1S/C24H23N3O4S/c28-23(26-20-12-13-20)18-8-4-10-21(14-18)27-24(29)19-9-5-11-22(15-19)32(30,31)25-16-17-6-2-1-3-7-17/h1-11,14-15,20,25H,12-13,16H2,(H,26,28)(H,27,29). The van der Waals surface area contributed by atoms with Crippen molar-refractivity contribution in [2.75, 3.05) is 5.32 Å². The Balaban J connectivity index is 1.44. The van der Waals surface area contributed by atoms with Gasteiger partial charge in [0.1, 0.15) is 0 Å². The minimum absolute atomic E-state index is 0.00126. The number of nitrogens with one attached hydrogen (secondary N) is 3. The number of amides is 2. The summed E-state index contributed by atoms with van der Waals surface area (Å²) in [5, 5.41) is 5.63. The molecule has 2 amide bonds. The Kier molecular flexibility index (Phi) is 6.34. The molecule has 0 unspecified atom stereocenters. The molecule has 3 aromatic carbocycles. The quantitative estimate of drug-likeness (QED) is 0.491. The normalized spacial score (nSPS) is 13.4. The third-order valence-corrected chi connectivity index (χ3v) is 6.41. The summed E-state index contributed by atoms with van der Waals surface area (Å²) in [5.41, 5.74) is 1.93. The first kappa shape index (κ1) is 21.7. The van der Waals surface area contributed by atoms with Crippen molar-refractivity contribution < 1.29 is 18.0 Å². The van der Waals surface area contributed by atoms with E-state index in [1.807, 2.05) is 30.3 Å². The van der Waals surface area contributed by atoms with Gasteiger partial charge in [-0.3, -0.25) is 9.59 Å². The second kappa shape index (κ2) is 9.33. The summed E-state index contributed by atoms with van der Waals surface area (Å²) >= 11 is 0. The van der Waals surface area contributed by atoms with Crippen molar-refractivity contribution in [3.05, 3.63) is 95.6 Å². The van der Waals surface area contributed by atoms with Crippen LogP contribution in [0.4, 0.5) is 5.69 Å². The van der Waals surface area contributed by atoms with Gasteiger partial charge in [0.25, 0.3) is 11.8 Å². The topological polar surface area (TPSA) is 104 Å². The molecule has 0 aromatic heterocycles. The molecule has 1 aliphatic rings. The second-order valence-electron chi connectivity index (χ2n) is 7.62. The third-order valence-electron chi connectivity index (χ3n) is 5.01. The highest BCUT2D eigenvalue weighted by atomic mass is 32.2. The van der Waals surface area contributed by atoms with Crippen LogP contribution in [0.25, 0.3) is 0 Å². The molecule has 1 saturated carbocycles. The number of hydrogen-bond donors (Lipinski definition) is 3. The van der Waals surface area contributed by atoms with E-state index in [2.05, 4.69) is 15.4 Å². The maximum atomic E-state index is 12.7. The fourth-order valence-corrected chi connectivity index (χ4v) is 4.16. The number of sulfonamides is 1. The molecule has 3 N–H and O–H groups in total. The predicted octanol–water partition coefficient (Wildman–Crippen LogP) is 3.31. The van der Waals surface area contributed by atoms with Crippen LogP contribution in [-0.2, 0) is 16.6 Å². The molecule has 0 atom stereocenters. The maximum absolute atomic E-state index is 12.7. The van der Waals surface area contributed by atoms with Crippen molar-refractivity contribution in [3.8, 4) is 0 Å². The van der Waals surface area contributed by atoms with E-state index < -0.39 is 15.9 Å². The van der Waals surface area contributed by atoms with E-state index in [1.165, 1.54) is 24.3 Å². The fourth-order valence-electron chi connectivity index (χ4n) is 3.10. The van der Waals surface area contributed by atoms with Crippen LogP contribution in [-0.4, -0.2) is 26.3 Å². The van der Waals surface area contributed by atoms with E-state index in [9.17, 15) is 18.0 Å². The van der Waals surface area contributed by atoms with Crippen molar-refractivity contribution in [1.29, 1.82) is 0 Å². The highest BCUT2D eigenvalue weighted by molar-refractivity contribution is 7.89. The Labute approximate surface area is 186 Å². The van der Waals surface area contributed by atoms with Crippen LogP contribution in [0.1, 0.15) is 39.1 Å².